The van der Waals surface area contributed by atoms with Gasteiger partial charge >= 0.3 is 90.2 Å². The fraction of sp³-hybridized carbons (Fsp3) is 0.205. The number of allylic oxidation sites excluding steroid dienone is 4. The Labute approximate surface area is 663 Å². The summed E-state index contributed by atoms with van der Waals surface area (Å²) in [6, 6.07) is 49.2. The van der Waals surface area contributed by atoms with Crippen LogP contribution in [0.4, 0.5) is 0 Å². The summed E-state index contributed by atoms with van der Waals surface area (Å²) in [5.41, 5.74) is 26.7. The van der Waals surface area contributed by atoms with Crippen LogP contribution in [0.2, 0.25) is 0 Å². The third kappa shape index (κ3) is 25.1. The zero-order valence-electron chi connectivity index (χ0n) is 60.4. The first-order valence-corrected chi connectivity index (χ1v) is 39.7. The number of hydrogen-bond donors (Lipinski definition) is 3. The number of benzene rings is 8. The average molecular weight is 1560 g/mol. The van der Waals surface area contributed by atoms with Crippen molar-refractivity contribution in [2.45, 2.75) is 109 Å². The van der Waals surface area contributed by atoms with Crippen LogP contribution in [-0.2, 0) is 87.2 Å². The van der Waals surface area contributed by atoms with Gasteiger partial charge in [0.15, 0.2) is 45.8 Å². The molecular weight excluding hydrogens is 1480 g/mol. The van der Waals surface area contributed by atoms with Crippen LogP contribution in [0.15, 0.2) is 197 Å². The fourth-order valence-corrected chi connectivity index (χ4v) is 15.5. The van der Waals surface area contributed by atoms with Crippen molar-refractivity contribution in [1.29, 1.82) is 0 Å². The van der Waals surface area contributed by atoms with E-state index in [1.54, 1.807) is 0 Å². The van der Waals surface area contributed by atoms with E-state index in [-0.39, 0.29) is 70.3 Å². The van der Waals surface area contributed by atoms with Crippen LogP contribution >= 0.6 is 0 Å². The normalized spacial score (nSPS) is 13.4. The molecule has 0 aromatic heterocycles. The van der Waals surface area contributed by atoms with E-state index < -0.39 is 81.8 Å². The zero-order valence-corrected chi connectivity index (χ0v) is 69.3. The summed E-state index contributed by atoms with van der Waals surface area (Å²) in [4.78, 5) is -1.46. The van der Waals surface area contributed by atoms with Crippen molar-refractivity contribution >= 4 is 72.6 Å². The van der Waals surface area contributed by atoms with Gasteiger partial charge in [0, 0.05) is 46.6 Å². The van der Waals surface area contributed by atoms with Crippen molar-refractivity contribution in [1.82, 2.24) is 0 Å². The van der Waals surface area contributed by atoms with Gasteiger partial charge in [-0.2, -0.15) is 45.7 Å². The molecule has 0 fully saturated rings. The van der Waals surface area contributed by atoms with Crippen molar-refractivity contribution in [3.8, 4) is 0 Å². The van der Waals surface area contributed by atoms with Crippen LogP contribution in [0.25, 0.3) is 11.1 Å². The van der Waals surface area contributed by atoms with Crippen LogP contribution in [0.5, 0.6) is 0 Å². The van der Waals surface area contributed by atoms with E-state index >= 15 is 0 Å². The van der Waals surface area contributed by atoms with Gasteiger partial charge in [-0.25, -0.2) is 25.3 Å². The van der Waals surface area contributed by atoms with Crippen molar-refractivity contribution in [3.63, 3.8) is 0 Å². The largest absolute Gasteiger partial charge is 1.00 e. The third-order valence-corrected chi connectivity index (χ3v) is 20.8. The summed E-state index contributed by atoms with van der Waals surface area (Å²) in [6.07, 6.45) is 8.81. The van der Waals surface area contributed by atoms with E-state index in [9.17, 15) is 51.9 Å². The van der Waals surface area contributed by atoms with E-state index in [0.29, 0.717) is 65.2 Å². The second kappa shape index (κ2) is 36.8. The number of rotatable bonds is 16. The minimum absolute atomic E-state index is 0. The summed E-state index contributed by atoms with van der Waals surface area (Å²) < 4.78 is 201. The van der Waals surface area contributed by atoms with Crippen molar-refractivity contribution < 1.29 is 141 Å². The Balaban J connectivity index is 0.000000332. The quantitative estimate of drug-likeness (QED) is 0.0474. The minimum atomic E-state index is -5.18. The molecule has 540 valence electrons. The van der Waals surface area contributed by atoms with Gasteiger partial charge in [0.1, 0.15) is 16.1 Å². The number of aryl methyl sites for hydroxylation is 12. The molecule has 3 N–H and O–H groups in total. The van der Waals surface area contributed by atoms with Crippen LogP contribution in [0.1, 0.15) is 134 Å². The molecule has 10 rings (SSSR count). The molecule has 0 spiro atoms. The summed E-state index contributed by atoms with van der Waals surface area (Å²) in [5, 5.41) is -1.50. The van der Waals surface area contributed by atoms with E-state index in [1.165, 1.54) is 90.0 Å². The molecule has 105 heavy (non-hydrogen) atoms. The fourth-order valence-electron chi connectivity index (χ4n) is 12.9. The molecule has 0 radical (unpaired) electrons. The third-order valence-electron chi connectivity index (χ3n) is 17.3. The second-order valence-corrected chi connectivity index (χ2v) is 32.2. The first kappa shape index (κ1) is 88.7. The molecular formula is C78H76Na2O19S6. The van der Waals surface area contributed by atoms with Gasteiger partial charge in [-0.1, -0.05) is 128 Å². The molecule has 2 aliphatic carbocycles. The Hall–Kier alpha value is -6.93. The van der Waals surface area contributed by atoms with Crippen molar-refractivity contribution in [3.05, 3.63) is 347 Å². The van der Waals surface area contributed by atoms with Gasteiger partial charge in [0.05, 0.1) is 23.3 Å². The predicted molar refractivity (Wildman–Crippen MR) is 396 cm³/mol. The van der Waals surface area contributed by atoms with Gasteiger partial charge in [-0.15, -0.1) is 18.2 Å². The molecule has 0 aliphatic heterocycles. The van der Waals surface area contributed by atoms with Gasteiger partial charge in [-0.3, -0.25) is 13.7 Å². The van der Waals surface area contributed by atoms with Gasteiger partial charge in [-0.05, 0) is 203 Å². The number of hydrogen-bond acceptors (Lipinski definition) is 16. The minimum Gasteiger partial charge on any atom is -0.736 e. The summed E-state index contributed by atoms with van der Waals surface area (Å²) in [6.45, 7) is 24.9. The smallest absolute Gasteiger partial charge is 0.736 e. The molecule has 19 nitrogen and oxygen atoms in total. The van der Waals surface area contributed by atoms with E-state index in [2.05, 4.69) is 118 Å². The van der Waals surface area contributed by atoms with Crippen LogP contribution in [0.3, 0.4) is 0 Å². The molecule has 0 saturated carbocycles. The Morgan fingerprint density at radius 2 is 0.619 bits per heavy atom. The molecule has 0 unspecified atom stereocenters. The molecule has 8 aromatic rings. The van der Waals surface area contributed by atoms with Crippen molar-refractivity contribution in [2.24, 2.45) is 0 Å². The van der Waals surface area contributed by atoms with Crippen molar-refractivity contribution in [2.75, 3.05) is 0 Å². The maximum absolute atomic E-state index is 12.5. The molecule has 0 bridgehead atoms. The second-order valence-electron chi connectivity index (χ2n) is 25.4. The molecule has 0 saturated heterocycles. The average Bonchev–Trinajstić information content (AvgIpc) is 0.769. The van der Waals surface area contributed by atoms with Crippen LogP contribution in [0, 0.1) is 99.7 Å². The molecule has 2 aliphatic rings. The Morgan fingerprint density at radius 1 is 0.381 bits per heavy atom. The standard InChI is InChI=1S/2C39H38O6S2.2Na.H2O4S.O3S/c2*1-24-17-26(3)36(27(4)18-24)21-30-7-11-32(12-8-30)39(35-16-15-34(46(40,41)42)23-38(35)47(43,44)45)33-13-9-31(10-14-33)22-37-28(5)19-25(2)20-29(37)6;;;1-5(2,3)4;1-4(2)3/h7-19,23H,21-22H2,1-6H3,(H,40,41,42)(H,43,44,45);7-20,23H,21-22H2,1-6H3,(H-,40,41,42,43,44,45);;;(H2,1,2,3,4);/q;;2*+1;;/p-2. The van der Waals surface area contributed by atoms with E-state index in [1.807, 2.05) is 111 Å². The first-order chi connectivity index (χ1) is 47.7. The molecule has 0 heterocycles. The van der Waals surface area contributed by atoms with Gasteiger partial charge in [0.2, 0.25) is 0 Å². The van der Waals surface area contributed by atoms with Crippen LogP contribution < -0.4 is 59.1 Å². The van der Waals surface area contributed by atoms with E-state index in [4.69, 9.17) is 30.1 Å². The Morgan fingerprint density at radius 3 is 0.857 bits per heavy atom. The topological polar surface area (TPSA) is 352 Å². The Bertz CT molecular complexity index is 4900. The molecule has 0 atom stereocenters. The summed E-state index contributed by atoms with van der Waals surface area (Å²) >= 11 is 0. The molecule has 27 heteroatoms. The van der Waals surface area contributed by atoms with Gasteiger partial charge < -0.3 is 13.7 Å². The maximum atomic E-state index is 12.5. The SMILES string of the molecule is Cc1[c-]c(C)c(Cc2ccc(C(=C3C=CC(S(=O)(=O)[O-])=C[C+]3S(=O)(=O)[O-])c3ccc(Cc4c(C)cc(C)cc4C)cc3)cc2)c(C)c1.Cc1cc(C)c(Cc2ccc(C(=C3C=CC(S(=O)(=O)O)=C[C+]3S(=O)(=O)[O-])c3ccc(Cc4c(C)cc(C)cc4C)cc3)cc2)c(C)c1.O=S(=O)(O)O.O=S(=O)=O.[Na+].[Na+]. The van der Waals surface area contributed by atoms with Gasteiger partial charge in [0.25, 0.3) is 0 Å². The monoisotopic (exact) mass is 1550 g/mol. The predicted octanol–water partition coefficient (Wildman–Crippen LogP) is 7.69. The first-order valence-electron chi connectivity index (χ1n) is 31.7. The molecule has 0 amide bonds. The van der Waals surface area contributed by atoms with Crippen LogP contribution in [-0.4, -0.2) is 82.0 Å². The maximum Gasteiger partial charge on any atom is 1.00 e. The zero-order chi connectivity index (χ0) is 76.6. The summed E-state index contributed by atoms with van der Waals surface area (Å²) in [7, 11) is -27.9. The van der Waals surface area contributed by atoms with E-state index in [0.717, 1.165) is 51.6 Å². The molecule has 8 aromatic carbocycles. The Kier molecular flexibility index (Phi) is 31.1. The summed E-state index contributed by atoms with van der Waals surface area (Å²) in [5.74, 6) is 0.